The molecular formula is C14H20N2O3. The molecule has 2 rings (SSSR count). The van der Waals surface area contributed by atoms with E-state index >= 15 is 0 Å². The van der Waals surface area contributed by atoms with Crippen LogP contribution in [0, 0.1) is 0 Å². The van der Waals surface area contributed by atoms with Crippen molar-refractivity contribution in [2.45, 2.75) is 18.9 Å². The Labute approximate surface area is 113 Å². The minimum absolute atomic E-state index is 0.0126. The molecule has 1 aliphatic heterocycles. The number of piperidine rings is 1. The number of methoxy groups -OCH3 is 1. The van der Waals surface area contributed by atoms with E-state index in [1.165, 1.54) is 13.2 Å². The summed E-state index contributed by atoms with van der Waals surface area (Å²) in [4.78, 5) is 14.1. The smallest absolute Gasteiger partial charge is 0.257 e. The molecule has 0 radical (unpaired) electrons. The van der Waals surface area contributed by atoms with E-state index < -0.39 is 0 Å². The number of likely N-dealkylation sites (N-methyl/N-ethyl adjacent to an activating group) is 1. The topological polar surface area (TPSA) is 61.8 Å². The molecule has 1 fully saturated rings. The van der Waals surface area contributed by atoms with E-state index in [9.17, 15) is 9.90 Å². The van der Waals surface area contributed by atoms with Gasteiger partial charge in [-0.3, -0.25) is 4.79 Å². The number of hydrogen-bond acceptors (Lipinski definition) is 4. The lowest BCUT2D eigenvalue weighted by Crippen LogP contribution is -2.46. The number of amides is 1. The molecule has 5 heteroatoms. The zero-order chi connectivity index (χ0) is 13.8. The summed E-state index contributed by atoms with van der Waals surface area (Å²) < 4.78 is 5.09. The van der Waals surface area contributed by atoms with Crippen LogP contribution in [0.1, 0.15) is 23.2 Å². The molecular weight excluding hydrogens is 244 g/mol. The monoisotopic (exact) mass is 264 g/mol. The van der Waals surface area contributed by atoms with Crippen LogP contribution in [0.3, 0.4) is 0 Å². The summed E-state index contributed by atoms with van der Waals surface area (Å²) in [6.45, 7) is 1.80. The van der Waals surface area contributed by atoms with Gasteiger partial charge in [-0.2, -0.15) is 0 Å². The molecule has 1 aromatic carbocycles. The molecule has 1 aliphatic rings. The highest BCUT2D eigenvalue weighted by Gasteiger charge is 2.24. The molecule has 1 atom stereocenters. The van der Waals surface area contributed by atoms with Crippen molar-refractivity contribution < 1.29 is 14.6 Å². The molecule has 1 amide bonds. The second-order valence-electron chi connectivity index (χ2n) is 4.80. The maximum Gasteiger partial charge on any atom is 0.257 e. The van der Waals surface area contributed by atoms with Crippen LogP contribution in [0.25, 0.3) is 0 Å². The third-order valence-corrected chi connectivity index (χ3v) is 3.57. The molecule has 19 heavy (non-hydrogen) atoms. The van der Waals surface area contributed by atoms with Crippen molar-refractivity contribution in [3.8, 4) is 11.5 Å². The molecule has 0 aliphatic carbocycles. The largest absolute Gasteiger partial charge is 0.507 e. The van der Waals surface area contributed by atoms with Gasteiger partial charge in [-0.05, 0) is 37.6 Å². The van der Waals surface area contributed by atoms with Gasteiger partial charge in [-0.1, -0.05) is 0 Å². The maximum absolute atomic E-state index is 12.4. The predicted molar refractivity (Wildman–Crippen MR) is 72.6 cm³/mol. The van der Waals surface area contributed by atoms with Crippen molar-refractivity contribution in [1.82, 2.24) is 10.2 Å². The van der Waals surface area contributed by atoms with Crippen molar-refractivity contribution in [2.24, 2.45) is 0 Å². The second-order valence-corrected chi connectivity index (χ2v) is 4.80. The number of ether oxygens (including phenoxy) is 1. The van der Waals surface area contributed by atoms with Crippen LogP contribution >= 0.6 is 0 Å². The standard InChI is InChI=1S/C14H20N2O3/c1-16(10-4-3-7-15-9-10)14(18)12-8-11(19-2)5-6-13(12)17/h5-6,8,10,15,17H,3-4,7,9H2,1-2H3. The Morgan fingerprint density at radius 1 is 1.53 bits per heavy atom. The number of phenols is 1. The number of nitrogens with zero attached hydrogens (tertiary/aromatic N) is 1. The Bertz CT molecular complexity index is 456. The van der Waals surface area contributed by atoms with Gasteiger partial charge in [0.1, 0.15) is 11.5 Å². The SMILES string of the molecule is COc1ccc(O)c(C(=O)N(C)C2CCCNC2)c1. The predicted octanol–water partition coefficient (Wildman–Crippen LogP) is 1.22. The van der Waals surface area contributed by atoms with E-state index in [1.807, 2.05) is 0 Å². The number of carbonyl (C=O) groups excluding carboxylic acids is 1. The fourth-order valence-corrected chi connectivity index (χ4v) is 2.33. The van der Waals surface area contributed by atoms with Gasteiger partial charge >= 0.3 is 0 Å². The average molecular weight is 264 g/mol. The first-order valence-electron chi connectivity index (χ1n) is 6.48. The highest BCUT2D eigenvalue weighted by atomic mass is 16.5. The molecule has 0 aromatic heterocycles. The van der Waals surface area contributed by atoms with Crippen molar-refractivity contribution in [2.75, 3.05) is 27.2 Å². The Morgan fingerprint density at radius 2 is 2.32 bits per heavy atom. The van der Waals surface area contributed by atoms with E-state index in [2.05, 4.69) is 5.32 Å². The molecule has 1 unspecified atom stereocenters. The molecule has 2 N–H and O–H groups in total. The number of phenolic OH excluding ortho intramolecular Hbond substituents is 1. The molecule has 104 valence electrons. The van der Waals surface area contributed by atoms with Crippen LogP contribution in [0.5, 0.6) is 11.5 Å². The maximum atomic E-state index is 12.4. The zero-order valence-electron chi connectivity index (χ0n) is 11.3. The fourth-order valence-electron chi connectivity index (χ4n) is 2.33. The third-order valence-electron chi connectivity index (χ3n) is 3.57. The van der Waals surface area contributed by atoms with Crippen LogP contribution in [0.15, 0.2) is 18.2 Å². The normalized spacial score (nSPS) is 18.9. The van der Waals surface area contributed by atoms with Gasteiger partial charge in [0, 0.05) is 19.6 Å². The molecule has 0 bridgehead atoms. The number of carbonyl (C=O) groups is 1. The Kier molecular flexibility index (Phi) is 4.27. The molecule has 0 saturated carbocycles. The van der Waals surface area contributed by atoms with E-state index in [-0.39, 0.29) is 23.3 Å². The third kappa shape index (κ3) is 2.98. The minimum atomic E-state index is -0.176. The van der Waals surface area contributed by atoms with Gasteiger partial charge in [0.25, 0.3) is 5.91 Å². The quantitative estimate of drug-likeness (QED) is 0.862. The lowest BCUT2D eigenvalue weighted by molar-refractivity contribution is 0.0705. The number of rotatable bonds is 3. The first-order chi connectivity index (χ1) is 9.13. The summed E-state index contributed by atoms with van der Waals surface area (Å²) in [5.74, 6) is 0.378. The van der Waals surface area contributed by atoms with Crippen molar-refractivity contribution in [3.05, 3.63) is 23.8 Å². The number of benzene rings is 1. The summed E-state index contributed by atoms with van der Waals surface area (Å²) in [7, 11) is 3.31. The van der Waals surface area contributed by atoms with E-state index in [4.69, 9.17) is 4.74 Å². The van der Waals surface area contributed by atoms with E-state index in [1.54, 1.807) is 24.1 Å². The molecule has 1 aromatic rings. The first-order valence-corrected chi connectivity index (χ1v) is 6.48. The van der Waals surface area contributed by atoms with Crippen LogP contribution in [0.2, 0.25) is 0 Å². The fraction of sp³-hybridized carbons (Fsp3) is 0.500. The van der Waals surface area contributed by atoms with E-state index in [0.29, 0.717) is 5.75 Å². The van der Waals surface area contributed by atoms with E-state index in [0.717, 1.165) is 25.9 Å². The van der Waals surface area contributed by atoms with Crippen molar-refractivity contribution in [1.29, 1.82) is 0 Å². The lowest BCUT2D eigenvalue weighted by atomic mass is 10.0. The van der Waals surface area contributed by atoms with Gasteiger partial charge in [0.2, 0.25) is 0 Å². The van der Waals surface area contributed by atoms with Gasteiger partial charge in [0.15, 0.2) is 0 Å². The Hall–Kier alpha value is -1.75. The van der Waals surface area contributed by atoms with Gasteiger partial charge in [-0.15, -0.1) is 0 Å². The van der Waals surface area contributed by atoms with Gasteiger partial charge < -0.3 is 20.1 Å². The molecule has 1 heterocycles. The summed E-state index contributed by atoms with van der Waals surface area (Å²) >= 11 is 0. The summed E-state index contributed by atoms with van der Waals surface area (Å²) in [6, 6.07) is 4.87. The van der Waals surface area contributed by atoms with Gasteiger partial charge in [0.05, 0.1) is 12.7 Å². The minimum Gasteiger partial charge on any atom is -0.507 e. The average Bonchev–Trinajstić information content (AvgIpc) is 2.47. The summed E-state index contributed by atoms with van der Waals surface area (Å²) in [5.41, 5.74) is 0.285. The Balaban J connectivity index is 2.18. The van der Waals surface area contributed by atoms with Crippen LogP contribution in [-0.2, 0) is 0 Å². The number of hydrogen-bond donors (Lipinski definition) is 2. The van der Waals surface area contributed by atoms with Gasteiger partial charge in [-0.25, -0.2) is 0 Å². The highest BCUT2D eigenvalue weighted by molar-refractivity contribution is 5.97. The molecule has 0 spiro atoms. The summed E-state index contributed by atoms with van der Waals surface area (Å²) in [5, 5.41) is 13.1. The van der Waals surface area contributed by atoms with Crippen LogP contribution < -0.4 is 10.1 Å². The van der Waals surface area contributed by atoms with Crippen molar-refractivity contribution >= 4 is 5.91 Å². The van der Waals surface area contributed by atoms with Crippen LogP contribution in [0.4, 0.5) is 0 Å². The molecule has 5 nitrogen and oxygen atoms in total. The number of aromatic hydroxyl groups is 1. The van der Waals surface area contributed by atoms with Crippen LogP contribution in [-0.4, -0.2) is 49.2 Å². The Morgan fingerprint density at radius 3 is 2.95 bits per heavy atom. The highest BCUT2D eigenvalue weighted by Crippen LogP contribution is 2.25. The molecule has 1 saturated heterocycles. The lowest BCUT2D eigenvalue weighted by Gasteiger charge is -2.31. The van der Waals surface area contributed by atoms with Crippen molar-refractivity contribution in [3.63, 3.8) is 0 Å². The zero-order valence-corrected chi connectivity index (χ0v) is 11.3. The summed E-state index contributed by atoms with van der Waals surface area (Å²) in [6.07, 6.45) is 2.05. The second kappa shape index (κ2) is 5.93. The first kappa shape index (κ1) is 13.7. The number of nitrogens with one attached hydrogen (secondary N) is 1.